The maximum atomic E-state index is 13.8. The second kappa shape index (κ2) is 16.3. The van der Waals surface area contributed by atoms with E-state index in [1.54, 1.807) is 48.5 Å². The van der Waals surface area contributed by atoms with Crippen molar-refractivity contribution in [2.24, 2.45) is 0 Å². The van der Waals surface area contributed by atoms with Crippen molar-refractivity contribution in [3.05, 3.63) is 153 Å². The van der Waals surface area contributed by atoms with Crippen LogP contribution in [-0.2, 0) is 6.61 Å². The largest absolute Gasteiger partial charge is 0.507 e. The van der Waals surface area contributed by atoms with E-state index in [0.29, 0.717) is 38.6 Å². The Hall–Kier alpha value is -3.59. The molecule has 6 aromatic rings. The molecule has 6 aromatic carbocycles. The molecule has 0 fully saturated rings. The number of ether oxygens (including phenoxy) is 1. The highest BCUT2D eigenvalue weighted by Crippen LogP contribution is 2.35. The van der Waals surface area contributed by atoms with E-state index in [1.165, 1.54) is 18.2 Å². The van der Waals surface area contributed by atoms with Crippen molar-refractivity contribution in [2.45, 2.75) is 14.0 Å². The molecular weight excluding hydrogens is 746 g/mol. The van der Waals surface area contributed by atoms with Crippen LogP contribution in [0.1, 0.15) is 24.8 Å². The van der Waals surface area contributed by atoms with Crippen LogP contribution in [0.25, 0.3) is 21.5 Å². The molecule has 0 bridgehead atoms. The molecule has 0 aromatic heterocycles. The summed E-state index contributed by atoms with van der Waals surface area (Å²) in [6, 6.07) is 35.3. The summed E-state index contributed by atoms with van der Waals surface area (Å²) in [7, 11) is 0. The number of carbonyl (C=O) groups excluding carboxylic acids is 1. The zero-order valence-corrected chi connectivity index (χ0v) is 26.7. The standard InChI is InChI=1S/C17H12BrFO.C10H6BrFO.C7H5BrO.CH4.H2/c18-14-9-10-15(19)13-7-4-8-16(17(13)14)20-11-12-5-2-1-3-6-12;11-7-4-5-8(12)6-2-1-3-9(13)10(6)7;8-7(9)6-4-2-1-3-5-6;;/h1-10H,11H2;1-5,13H;1-5H;1H4;1H/i;;;;1+1. The smallest absolute Gasteiger partial charge is 0.228 e. The van der Waals surface area contributed by atoms with E-state index in [9.17, 15) is 18.7 Å². The van der Waals surface area contributed by atoms with Crippen LogP contribution in [0.5, 0.6) is 11.5 Å². The molecule has 0 atom stereocenters. The SMILES string of the molecule is C.Fc1ccc(Br)c2c(OCc3ccccc3)cccc12.O=C(Br)c1ccccc1.Oc1cccc2c(F)ccc(Br)c12.[2HH]. The Morgan fingerprint density at radius 1 is 0.674 bits per heavy atom. The fourth-order valence-electron chi connectivity index (χ4n) is 4.03. The molecule has 222 valence electrons. The molecule has 0 saturated carbocycles. The van der Waals surface area contributed by atoms with Crippen molar-refractivity contribution >= 4 is 74.0 Å². The Morgan fingerprint density at radius 3 is 1.72 bits per heavy atom. The highest BCUT2D eigenvalue weighted by Gasteiger charge is 2.10. The van der Waals surface area contributed by atoms with Gasteiger partial charge < -0.3 is 9.84 Å². The third kappa shape index (κ3) is 8.95. The average Bonchev–Trinajstić information content (AvgIpc) is 3.01. The first-order valence-electron chi connectivity index (χ1n) is 12.6. The molecule has 6 rings (SSSR count). The molecule has 0 aliphatic heterocycles. The predicted octanol–water partition coefficient (Wildman–Crippen LogP) is 11.9. The average molecular weight is 776 g/mol. The van der Waals surface area contributed by atoms with Crippen LogP contribution in [0, 0.1) is 11.6 Å². The number of rotatable bonds is 4. The zero-order valence-electron chi connectivity index (χ0n) is 21.9. The van der Waals surface area contributed by atoms with E-state index in [0.717, 1.165) is 15.4 Å². The van der Waals surface area contributed by atoms with Gasteiger partial charge in [-0.1, -0.05) is 124 Å². The summed E-state index contributed by atoms with van der Waals surface area (Å²) in [5, 5.41) is 11.7. The van der Waals surface area contributed by atoms with Gasteiger partial charge in [-0.3, -0.25) is 4.79 Å². The minimum absolute atomic E-state index is 0. The van der Waals surface area contributed by atoms with Crippen molar-refractivity contribution in [3.8, 4) is 11.5 Å². The van der Waals surface area contributed by atoms with Crippen LogP contribution in [0.2, 0.25) is 0 Å². The summed E-state index contributed by atoms with van der Waals surface area (Å²) >= 11 is 9.56. The topological polar surface area (TPSA) is 46.5 Å². The molecule has 0 aliphatic rings. The summed E-state index contributed by atoms with van der Waals surface area (Å²) in [5.74, 6) is 0.198. The quantitative estimate of drug-likeness (QED) is 0.181. The van der Waals surface area contributed by atoms with Gasteiger partial charge in [0.05, 0.1) is 0 Å². The van der Waals surface area contributed by atoms with Crippen LogP contribution in [0.4, 0.5) is 8.78 Å². The van der Waals surface area contributed by atoms with Gasteiger partial charge in [0.1, 0.15) is 29.7 Å². The normalized spacial score (nSPS) is 10.1. The monoisotopic (exact) mass is 773 g/mol. The van der Waals surface area contributed by atoms with E-state index < -0.39 is 0 Å². The van der Waals surface area contributed by atoms with Gasteiger partial charge in [-0.25, -0.2) is 8.78 Å². The first kappa shape index (κ1) is 33.9. The zero-order chi connectivity index (χ0) is 30.1. The number of fused-ring (bicyclic) bond motifs is 2. The van der Waals surface area contributed by atoms with Crippen LogP contribution in [-0.4, -0.2) is 9.80 Å². The summed E-state index contributed by atoms with van der Waals surface area (Å²) in [5.41, 5.74) is 1.77. The summed E-state index contributed by atoms with van der Waals surface area (Å²) in [6.45, 7) is 0.461. The Balaban J connectivity index is 0.000000244. The summed E-state index contributed by atoms with van der Waals surface area (Å²) < 4.78 is 34.4. The molecule has 0 saturated heterocycles. The minimum atomic E-state index is -0.325. The van der Waals surface area contributed by atoms with Gasteiger partial charge in [0.25, 0.3) is 0 Å². The van der Waals surface area contributed by atoms with E-state index in [-0.39, 0.29) is 30.9 Å². The van der Waals surface area contributed by atoms with Gasteiger partial charge in [0.2, 0.25) is 4.69 Å². The van der Waals surface area contributed by atoms with Gasteiger partial charge in [-0.2, -0.15) is 0 Å². The van der Waals surface area contributed by atoms with E-state index >= 15 is 0 Å². The number of carbonyl (C=O) groups is 1. The fraction of sp³-hybridized carbons (Fsp3) is 0.0571. The van der Waals surface area contributed by atoms with Crippen LogP contribution in [0.3, 0.4) is 0 Å². The van der Waals surface area contributed by atoms with Gasteiger partial charge in [0, 0.05) is 37.5 Å². The lowest BCUT2D eigenvalue weighted by Gasteiger charge is -2.11. The molecule has 43 heavy (non-hydrogen) atoms. The lowest BCUT2D eigenvalue weighted by Crippen LogP contribution is -1.96. The number of phenols is 1. The number of halogens is 5. The number of benzene rings is 6. The molecular formula is C35H29Br3F2O3. The van der Waals surface area contributed by atoms with Gasteiger partial charge in [-0.05, 0) is 57.9 Å². The van der Waals surface area contributed by atoms with Gasteiger partial charge in [-0.15, -0.1) is 0 Å². The second-order valence-corrected chi connectivity index (χ2v) is 11.3. The number of phenolic OH excluding ortho intramolecular Hbond substituents is 1. The van der Waals surface area contributed by atoms with Crippen molar-refractivity contribution in [2.75, 3.05) is 0 Å². The maximum Gasteiger partial charge on any atom is 0.228 e. The Bertz CT molecular complexity index is 1810. The lowest BCUT2D eigenvalue weighted by molar-refractivity contribution is 0.109. The summed E-state index contributed by atoms with van der Waals surface area (Å²) in [4.78, 5) is 10.6. The van der Waals surface area contributed by atoms with Crippen LogP contribution < -0.4 is 4.74 Å². The van der Waals surface area contributed by atoms with Crippen LogP contribution >= 0.6 is 47.8 Å². The van der Waals surface area contributed by atoms with E-state index in [2.05, 4.69) is 47.8 Å². The van der Waals surface area contributed by atoms with Crippen LogP contribution in [0.15, 0.2) is 130 Å². The van der Waals surface area contributed by atoms with Crippen molar-refractivity contribution in [1.82, 2.24) is 0 Å². The maximum absolute atomic E-state index is 13.8. The first-order valence-corrected chi connectivity index (χ1v) is 15.0. The van der Waals surface area contributed by atoms with Crippen molar-refractivity contribution in [3.63, 3.8) is 0 Å². The van der Waals surface area contributed by atoms with Crippen molar-refractivity contribution in [1.29, 1.82) is 0 Å². The minimum Gasteiger partial charge on any atom is -0.507 e. The Labute approximate surface area is 276 Å². The molecule has 8 heteroatoms. The lowest BCUT2D eigenvalue weighted by atomic mass is 10.1. The van der Waals surface area contributed by atoms with E-state index in [1.807, 2.05) is 54.6 Å². The first-order chi connectivity index (χ1) is 20.3. The Morgan fingerprint density at radius 2 is 1.19 bits per heavy atom. The highest BCUT2D eigenvalue weighted by molar-refractivity contribution is 9.18. The molecule has 3 nitrogen and oxygen atoms in total. The predicted molar refractivity (Wildman–Crippen MR) is 184 cm³/mol. The third-order valence-electron chi connectivity index (χ3n) is 6.05. The molecule has 0 heterocycles. The van der Waals surface area contributed by atoms with Gasteiger partial charge >= 0.3 is 0 Å². The van der Waals surface area contributed by atoms with E-state index in [4.69, 9.17) is 4.74 Å². The van der Waals surface area contributed by atoms with Gasteiger partial charge in [0.15, 0.2) is 0 Å². The number of hydrogen-bond acceptors (Lipinski definition) is 3. The Kier molecular flexibility index (Phi) is 12.9. The molecule has 1 N–H and O–H groups in total. The fourth-order valence-corrected chi connectivity index (χ4v) is 5.38. The number of hydrogen-bond donors (Lipinski definition) is 1. The number of aromatic hydroxyl groups is 1. The third-order valence-corrected chi connectivity index (χ3v) is 7.83. The molecule has 0 amide bonds. The molecule has 0 aliphatic carbocycles. The highest BCUT2D eigenvalue weighted by atomic mass is 79.9. The van der Waals surface area contributed by atoms with Crippen molar-refractivity contribution < 1.29 is 24.8 Å². The molecule has 0 unspecified atom stereocenters. The molecule has 0 spiro atoms. The second-order valence-electron chi connectivity index (χ2n) is 8.85. The molecule has 0 radical (unpaired) electrons. The summed E-state index contributed by atoms with van der Waals surface area (Å²) in [6.07, 6.45) is 0.